The molecule has 0 aliphatic heterocycles. The minimum Gasteiger partial charge on any atom is -0.0559 e. The van der Waals surface area contributed by atoms with Gasteiger partial charge in [-0.25, -0.2) is 0 Å². The van der Waals surface area contributed by atoms with Crippen LogP contribution in [0.1, 0.15) is 0 Å². The van der Waals surface area contributed by atoms with Crippen LogP contribution < -0.4 is 4.43 Å². The molecule has 0 N–H and O–H groups in total. The van der Waals surface area contributed by atoms with Crippen LogP contribution in [0.3, 0.4) is 0 Å². The lowest BCUT2D eigenvalue weighted by atomic mass is 10.5. The molecule has 1 rings (SSSR count). The van der Waals surface area contributed by atoms with Gasteiger partial charge >= 0.3 is 0 Å². The molecule has 0 fully saturated rings. The van der Waals surface area contributed by atoms with Gasteiger partial charge in [0.1, 0.15) is 0 Å². The van der Waals surface area contributed by atoms with Crippen LogP contribution in [-0.2, 0) is 0 Å². The number of nitrogens with zero attached hydrogens (tertiary/aromatic N) is 1. The molecule has 2 heteroatoms. The Morgan fingerprint density at radius 3 is 1.88 bits per heavy atom. The largest absolute Gasteiger partial charge is 0.227 e. The molecule has 0 amide bonds. The Morgan fingerprint density at radius 2 is 1.38 bits per heavy atom. The van der Waals surface area contributed by atoms with Gasteiger partial charge in [0, 0.05) is 17.0 Å². The number of aromatic nitrogens is 1. The van der Waals surface area contributed by atoms with Gasteiger partial charge in [-0.3, -0.25) is 0 Å². The number of rotatable bonds is 0. The summed E-state index contributed by atoms with van der Waals surface area (Å²) in [7, 11) is 0. The predicted molar refractivity (Wildman–Crippen MR) is 29.8 cm³/mol. The Balaban J connectivity index is 3.32. The molecule has 0 aliphatic carbocycles. The second-order valence-corrected chi connectivity index (χ2v) is 1.43. The molecule has 8 heavy (non-hydrogen) atoms. The van der Waals surface area contributed by atoms with Crippen molar-refractivity contribution in [3.05, 3.63) is 41.6 Å². The van der Waals surface area contributed by atoms with E-state index in [4.69, 9.17) is 0 Å². The molecule has 0 spiro atoms. The van der Waals surface area contributed by atoms with Gasteiger partial charge in [0.25, 0.3) is 0 Å². The molecule has 0 atom stereocenters. The fourth-order valence-corrected chi connectivity index (χ4v) is 0.447. The van der Waals surface area contributed by atoms with Crippen molar-refractivity contribution in [2.75, 3.05) is 0 Å². The van der Waals surface area contributed by atoms with E-state index in [9.17, 15) is 4.91 Å². The average molecular weight is 108 g/mol. The lowest BCUT2D eigenvalue weighted by Crippen LogP contribution is -2.06. The van der Waals surface area contributed by atoms with E-state index in [1.807, 2.05) is 0 Å². The minimum absolute atomic E-state index is 0.750. The fourth-order valence-electron chi connectivity index (χ4n) is 0.447. The Kier molecular flexibility index (Phi) is 1.37. The number of hydrogen-bond donors (Lipinski definition) is 0. The van der Waals surface area contributed by atoms with E-state index in [0.717, 1.165) is 4.43 Å². The van der Waals surface area contributed by atoms with Crippen LogP contribution in [-0.4, -0.2) is 0 Å². The van der Waals surface area contributed by atoms with Crippen molar-refractivity contribution in [1.29, 1.82) is 0 Å². The summed E-state index contributed by atoms with van der Waals surface area (Å²) in [5, 5.41) is 0. The standard InChI is InChI=1S/C6H6NO/c8-7-5-3-1-2-4-6-7/h1-6H/q+1. The van der Waals surface area contributed by atoms with Gasteiger partial charge in [0.2, 0.25) is 12.4 Å². The molecule has 0 bridgehead atoms. The van der Waals surface area contributed by atoms with Crippen LogP contribution in [0, 0.1) is 4.91 Å². The summed E-state index contributed by atoms with van der Waals surface area (Å²) in [6, 6.07) is 6.98. The molecule has 0 radical (unpaired) electrons. The van der Waals surface area contributed by atoms with Crippen LogP contribution in [0.2, 0.25) is 0 Å². The van der Waals surface area contributed by atoms with Crippen molar-refractivity contribution in [3.63, 3.8) is 0 Å². The molecule has 0 unspecified atom stereocenters. The third kappa shape index (κ3) is 1.15. The van der Waals surface area contributed by atoms with E-state index < -0.39 is 0 Å². The highest BCUT2D eigenvalue weighted by molar-refractivity contribution is 4.86. The zero-order chi connectivity index (χ0) is 5.82. The van der Waals surface area contributed by atoms with E-state index in [1.54, 1.807) is 24.3 Å². The fraction of sp³-hybridized carbons (Fsp3) is 0. The van der Waals surface area contributed by atoms with E-state index in [1.165, 1.54) is 12.4 Å². The molecule has 0 aromatic carbocycles. The maximum absolute atomic E-state index is 10.4. The summed E-state index contributed by atoms with van der Waals surface area (Å²) in [6.07, 6.45) is 2.89. The van der Waals surface area contributed by atoms with Crippen molar-refractivity contribution >= 4 is 0 Å². The van der Waals surface area contributed by atoms with Gasteiger partial charge in [0.05, 0.1) is 4.43 Å². The maximum atomic E-state index is 10.4. The van der Waals surface area contributed by atoms with Crippen LogP contribution in [0.4, 0.5) is 0 Å². The summed E-state index contributed by atoms with van der Waals surface area (Å²) in [4.78, 5) is 10.4. The molecule has 40 valence electrons. The molecule has 0 saturated carbocycles. The van der Waals surface area contributed by atoms with Crippen molar-refractivity contribution < 1.29 is 4.43 Å². The first-order chi connectivity index (χ1) is 3.89. The number of hydrogen-bond acceptors (Lipinski definition) is 1. The summed E-state index contributed by atoms with van der Waals surface area (Å²) < 4.78 is 0.750. The highest BCUT2D eigenvalue weighted by Gasteiger charge is 1.77. The van der Waals surface area contributed by atoms with Gasteiger partial charge in [0.15, 0.2) is 0 Å². The van der Waals surface area contributed by atoms with Crippen LogP contribution in [0.15, 0.2) is 36.7 Å². The highest BCUT2D eigenvalue weighted by Crippen LogP contribution is 1.72. The predicted octanol–water partition coefficient (Wildman–Crippen LogP) is 0.601. The lowest BCUT2D eigenvalue weighted by molar-refractivity contribution is -0.493. The topological polar surface area (TPSA) is 23.0 Å². The second-order valence-electron chi connectivity index (χ2n) is 1.43. The van der Waals surface area contributed by atoms with Gasteiger partial charge in [-0.15, -0.1) is 0 Å². The Morgan fingerprint density at radius 1 is 0.875 bits per heavy atom. The Bertz CT molecular complexity index is 199. The molecular weight excluding hydrogens is 102 g/mol. The third-order valence-corrected chi connectivity index (χ3v) is 0.799. The summed E-state index contributed by atoms with van der Waals surface area (Å²) in [5.74, 6) is 0. The van der Waals surface area contributed by atoms with Crippen LogP contribution >= 0.6 is 0 Å². The average Bonchev–Trinajstić information content (AvgIpc) is 1.94. The first-order valence-corrected chi connectivity index (χ1v) is 2.37. The normalized spacial score (nSPS) is 8.50. The van der Waals surface area contributed by atoms with Crippen LogP contribution in [0.5, 0.6) is 0 Å². The lowest BCUT2D eigenvalue weighted by Gasteiger charge is -1.48. The van der Waals surface area contributed by atoms with Crippen molar-refractivity contribution in [2.45, 2.75) is 0 Å². The smallest absolute Gasteiger partial charge is 0.0559 e. The molecule has 2 nitrogen and oxygen atoms in total. The zero-order valence-electron chi connectivity index (χ0n) is 4.32. The first-order valence-electron chi connectivity index (χ1n) is 2.37. The minimum atomic E-state index is 0.750. The van der Waals surface area contributed by atoms with Gasteiger partial charge < -0.3 is 0 Å². The van der Waals surface area contributed by atoms with E-state index in [0.29, 0.717) is 0 Å². The first kappa shape index (κ1) is 4.97. The van der Waals surface area contributed by atoms with Gasteiger partial charge in [-0.2, -0.15) is 0 Å². The Hall–Kier alpha value is -1.18. The Labute approximate surface area is 47.0 Å². The molecular formula is C6H6NO+. The van der Waals surface area contributed by atoms with E-state index >= 15 is 0 Å². The van der Waals surface area contributed by atoms with Gasteiger partial charge in [-0.05, 0) is 0 Å². The quantitative estimate of drug-likeness (QED) is 0.446. The summed E-state index contributed by atoms with van der Waals surface area (Å²) >= 11 is 0. The molecule has 1 heterocycles. The van der Waals surface area contributed by atoms with Crippen molar-refractivity contribution in [2.24, 2.45) is 0 Å². The van der Waals surface area contributed by atoms with Gasteiger partial charge in [-0.1, -0.05) is 12.1 Å². The van der Waals surface area contributed by atoms with Crippen molar-refractivity contribution in [3.8, 4) is 0 Å². The van der Waals surface area contributed by atoms with Crippen molar-refractivity contribution in [1.82, 2.24) is 0 Å². The molecule has 1 aromatic rings. The second kappa shape index (κ2) is 2.21. The SMILES string of the molecule is O=[n+]1cccccc1. The summed E-state index contributed by atoms with van der Waals surface area (Å²) in [5.41, 5.74) is 0. The molecule has 0 saturated heterocycles. The molecule has 1 aromatic heterocycles. The van der Waals surface area contributed by atoms with E-state index in [-0.39, 0.29) is 0 Å². The summed E-state index contributed by atoms with van der Waals surface area (Å²) in [6.45, 7) is 0. The molecule has 0 aliphatic rings. The van der Waals surface area contributed by atoms with E-state index in [2.05, 4.69) is 0 Å². The highest BCUT2D eigenvalue weighted by atomic mass is 16.3. The third-order valence-electron chi connectivity index (χ3n) is 0.799. The maximum Gasteiger partial charge on any atom is 0.227 e. The monoisotopic (exact) mass is 108 g/mol. The zero-order valence-corrected chi connectivity index (χ0v) is 4.32. The van der Waals surface area contributed by atoms with Crippen LogP contribution in [0.25, 0.3) is 0 Å².